The summed E-state index contributed by atoms with van der Waals surface area (Å²) in [6.45, 7) is -17.9. The minimum absolute atomic E-state index is 0.0241. The predicted molar refractivity (Wildman–Crippen MR) is 381 cm³/mol. The van der Waals surface area contributed by atoms with Crippen LogP contribution < -0.4 is 9.30 Å². The molecule has 15 aromatic rings. The van der Waals surface area contributed by atoms with Crippen LogP contribution in [0.25, 0.3) is 133 Å². The molecule has 4 aromatic heterocycles. The number of fused-ring (bicyclic) bond motifs is 14. The minimum atomic E-state index is -4.78. The van der Waals surface area contributed by atoms with Gasteiger partial charge in [-0.25, -0.2) is 4.98 Å². The number of para-hydroxylation sites is 3. The van der Waals surface area contributed by atoms with Crippen LogP contribution in [0, 0.1) is 20.0 Å². The van der Waals surface area contributed by atoms with Crippen LogP contribution in [0.15, 0.2) is 243 Å². The van der Waals surface area contributed by atoms with Crippen molar-refractivity contribution in [2.75, 3.05) is 0 Å². The van der Waals surface area contributed by atoms with Crippen LogP contribution in [0.1, 0.15) is 134 Å². The number of ether oxygens (including phenoxy) is 1. The normalized spacial score (nSPS) is 21.1. The van der Waals surface area contributed by atoms with E-state index in [9.17, 15) is 28.8 Å². The second kappa shape index (κ2) is 20.5. The summed E-state index contributed by atoms with van der Waals surface area (Å²) in [5.74, 6) is 0.934. The van der Waals surface area contributed by atoms with Crippen molar-refractivity contribution < 1.29 is 54.5 Å². The number of aryl methyl sites for hydroxylation is 2. The summed E-state index contributed by atoms with van der Waals surface area (Å²) in [5, 5.41) is 2.86. The third-order valence-corrected chi connectivity index (χ3v) is 17.5. The van der Waals surface area contributed by atoms with Crippen LogP contribution in [-0.4, -0.2) is 18.7 Å². The molecule has 0 radical (unpaired) electrons. The Morgan fingerprint density at radius 2 is 1.12 bits per heavy atom. The van der Waals surface area contributed by atoms with Crippen molar-refractivity contribution in [1.82, 2.24) is 18.7 Å². The highest BCUT2D eigenvalue weighted by molar-refractivity contribution is 6.11. The average Bonchev–Trinajstić information content (AvgIpc) is 1.04. The van der Waals surface area contributed by atoms with Gasteiger partial charge in [-0.3, -0.25) is 13.7 Å². The van der Waals surface area contributed by atoms with Gasteiger partial charge in [-0.1, -0.05) is 200 Å². The van der Waals surface area contributed by atoms with Gasteiger partial charge in [0.15, 0.2) is 0 Å². The Morgan fingerprint density at radius 1 is 0.522 bits per heavy atom. The Kier molecular flexibility index (Phi) is 6.89. The zero-order valence-electron chi connectivity index (χ0n) is 82.4. The van der Waals surface area contributed by atoms with E-state index in [1.54, 1.807) is 83.6 Å². The van der Waals surface area contributed by atoms with Crippen LogP contribution in [0.2, 0.25) is 0 Å². The second-order valence-corrected chi connectivity index (χ2v) is 24.2. The molecule has 0 saturated heterocycles. The zero-order valence-corrected chi connectivity index (χ0v) is 49.4. The molecule has 0 N–H and O–H groups in total. The second-order valence-electron chi connectivity index (χ2n) is 24.2. The summed E-state index contributed by atoms with van der Waals surface area (Å²) >= 11 is 0. The monoisotopic (exact) mass is 1220 g/mol. The van der Waals surface area contributed by atoms with Gasteiger partial charge < -0.3 is 9.30 Å². The highest BCUT2D eigenvalue weighted by Crippen LogP contribution is 2.51. The molecule has 6 heteroatoms. The lowest BCUT2D eigenvalue weighted by molar-refractivity contribution is -0.571. The first-order chi connectivity index (χ1) is 58.1. The lowest BCUT2D eigenvalue weighted by atomic mass is 9.63. The molecule has 5 heterocycles. The van der Waals surface area contributed by atoms with Crippen molar-refractivity contribution in [3.8, 4) is 90.0 Å². The van der Waals surface area contributed by atoms with E-state index in [-0.39, 0.29) is 61.7 Å². The summed E-state index contributed by atoms with van der Waals surface area (Å²) < 4.78 is 328. The smallest absolute Gasteiger partial charge is 0.269 e. The maximum absolute atomic E-state index is 10.6. The third kappa shape index (κ3) is 8.67. The zero-order chi connectivity index (χ0) is 90.7. The standard InChI is InChI=1S/C86H71N5O/c1-53-22-20-23-54(2)81(53)57-45-71-65-29-13-11-27-63(65)62-26-10-12-28-64(62)70-44-56(55-36-39-72-73(46-55)86(8,9)42-41-85(72,6)7)47-78-82(70)89(83(71)79(48-57)90-74-33-17-14-30-66(74)67-31-15-18-34-75(67)90)52-88(78)59-24-21-25-60(50-59)92-61-37-38-69-68-32-16-19-35-76(68)91(77(69)51-61)80-49-58(40-43-87-80)84(3,4)5/h10-40,43-51H,41-42H2,1-9H3/i1D3,2D3,6D3,7D3,8D3,9D3,10D,11D,12D,13D,26D,27D,28D,29D,36D,39D,41D2,42D2,46D. The molecule has 0 bridgehead atoms. The molecule has 1 aliphatic heterocycles. The fourth-order valence-corrected chi connectivity index (χ4v) is 13.2. The van der Waals surface area contributed by atoms with Crippen LogP contribution >= 0.6 is 0 Å². The van der Waals surface area contributed by atoms with Crippen LogP contribution in [0.5, 0.6) is 11.5 Å². The number of imidazole rings is 1. The topological polar surface area (TPSA) is 40.8 Å². The molecule has 0 amide bonds. The van der Waals surface area contributed by atoms with E-state index in [1.807, 2.05) is 53.1 Å². The van der Waals surface area contributed by atoms with E-state index < -0.39 is 192 Å². The molecule has 0 atom stereocenters. The van der Waals surface area contributed by atoms with Gasteiger partial charge in [0.25, 0.3) is 6.33 Å². The molecule has 0 spiro atoms. The maximum Gasteiger partial charge on any atom is 0.269 e. The summed E-state index contributed by atoms with van der Waals surface area (Å²) in [6.07, 6.45) is -4.31. The van der Waals surface area contributed by atoms with E-state index in [0.29, 0.717) is 33.1 Å². The highest BCUT2D eigenvalue weighted by atomic mass is 16.5. The Hall–Kier alpha value is -10.6. The first kappa shape index (κ1) is 31.0. The van der Waals surface area contributed by atoms with E-state index in [2.05, 4.69) is 27.1 Å². The Labute approximate surface area is 584 Å². The first-order valence-electron chi connectivity index (χ1n) is 46.1. The largest absolute Gasteiger partial charge is 0.458 e. The van der Waals surface area contributed by atoms with Gasteiger partial charge in [0.2, 0.25) is 0 Å². The van der Waals surface area contributed by atoms with Crippen molar-refractivity contribution in [3.05, 3.63) is 277 Å². The molecule has 6 nitrogen and oxygen atoms in total. The lowest BCUT2D eigenvalue weighted by Gasteiger charge is -2.42. The van der Waals surface area contributed by atoms with Crippen molar-refractivity contribution in [2.24, 2.45) is 0 Å². The van der Waals surface area contributed by atoms with Crippen molar-refractivity contribution in [3.63, 3.8) is 0 Å². The summed E-state index contributed by atoms with van der Waals surface area (Å²) in [6, 6.07) is 33.3. The Morgan fingerprint density at radius 3 is 1.78 bits per heavy atom. The number of rotatable bonds is 7. The first-order valence-corrected chi connectivity index (χ1v) is 29.6. The molecule has 0 saturated carbocycles. The molecule has 92 heavy (non-hydrogen) atoms. The highest BCUT2D eigenvalue weighted by Gasteiger charge is 2.38. The van der Waals surface area contributed by atoms with Gasteiger partial charge in [-0.05, 0) is 205 Å². The van der Waals surface area contributed by atoms with Crippen LogP contribution in [0.3, 0.4) is 0 Å². The Bertz CT molecular complexity index is 7070. The van der Waals surface area contributed by atoms with Gasteiger partial charge in [0.1, 0.15) is 17.3 Å². The van der Waals surface area contributed by atoms with Crippen LogP contribution in [-0.2, 0) is 16.2 Å². The number of nitrogens with zero attached hydrogens (tertiary/aromatic N) is 5. The molecular weight excluding hydrogens is 1120 g/mol. The SMILES string of the molecule is [2H]c1c([2H])c([2H])c2c(c1[2H])-c1cc(-c3c(C([2H])([2H])[2H])cccc3C([2H])([2H])[2H])cc(-n3c4ccccc4c4ccccc43)c1-[n+]1[c-]n(-c3cccc(Oc4ccc5c6ccccc6n(-c6cc(C(C)(C)C)ccn6)c5c4)c3)c3cc(-c4c([2H])c([2H])c5c(c4[2H])C(C([2H])([2H])[2H])(C([2H])([2H])[2H])C([2H])([2H])C([2H])([2H])C5(C([2H])([2H])[2H])C([2H])([2H])[2H])cc(c31)-c1c([2H])c([2H])c([2H])c([2H])c1-2. The number of aromatic nitrogens is 5. The summed E-state index contributed by atoms with van der Waals surface area (Å²) in [5.41, 5.74) is -17.6. The molecule has 2 aliphatic rings. The van der Waals surface area contributed by atoms with Gasteiger partial charge >= 0.3 is 0 Å². The molecular formula is C86H71N5O. The summed E-state index contributed by atoms with van der Waals surface area (Å²) in [4.78, 5) is 4.85. The van der Waals surface area contributed by atoms with Gasteiger partial charge in [0, 0.05) is 64.0 Å². The van der Waals surface area contributed by atoms with Crippen molar-refractivity contribution in [2.45, 2.75) is 90.9 Å². The Balaban J connectivity index is 1.10. The number of benzene rings is 11. The molecule has 0 unspecified atom stereocenters. The molecule has 0 fully saturated rings. The van der Waals surface area contributed by atoms with E-state index in [0.717, 1.165) is 34.0 Å². The van der Waals surface area contributed by atoms with E-state index in [4.69, 9.17) is 26.2 Å². The average molecular weight is 1220 g/mol. The van der Waals surface area contributed by atoms with Gasteiger partial charge in [-0.15, -0.1) is 0 Å². The lowest BCUT2D eigenvalue weighted by Crippen LogP contribution is -2.33. The molecule has 17 rings (SSSR count). The molecule has 1 aliphatic carbocycles. The predicted octanol–water partition coefficient (Wildman–Crippen LogP) is 22.0. The third-order valence-electron chi connectivity index (χ3n) is 17.5. The van der Waals surface area contributed by atoms with Gasteiger partial charge in [0.05, 0.1) is 65.2 Å². The maximum atomic E-state index is 10.6. The van der Waals surface area contributed by atoms with Crippen LogP contribution in [0.4, 0.5) is 0 Å². The fraction of sp³-hybridized carbons (Fsp3) is 0.163. The van der Waals surface area contributed by atoms with E-state index >= 15 is 0 Å². The fourth-order valence-electron chi connectivity index (χ4n) is 13.2. The molecule has 446 valence electrons. The minimum Gasteiger partial charge on any atom is -0.458 e. The quantitative estimate of drug-likeness (QED) is 0.118. The van der Waals surface area contributed by atoms with E-state index in [1.165, 1.54) is 45.5 Å². The number of hydrogen-bond donors (Lipinski definition) is 0. The van der Waals surface area contributed by atoms with Crippen molar-refractivity contribution in [1.29, 1.82) is 0 Å². The van der Waals surface area contributed by atoms with Crippen molar-refractivity contribution >= 4 is 54.6 Å². The number of hydrogen-bond acceptors (Lipinski definition) is 2. The summed E-state index contributed by atoms with van der Waals surface area (Å²) in [7, 11) is 0. The molecule has 11 aromatic carbocycles. The number of pyridine rings is 1. The van der Waals surface area contributed by atoms with Gasteiger partial charge in [-0.2, -0.15) is 0 Å².